The van der Waals surface area contributed by atoms with Crippen LogP contribution in [0.1, 0.15) is 57.2 Å². The first-order chi connectivity index (χ1) is 14.2. The van der Waals surface area contributed by atoms with Crippen LogP contribution in [0.3, 0.4) is 0 Å². The van der Waals surface area contributed by atoms with Gasteiger partial charge < -0.3 is 10.6 Å². The van der Waals surface area contributed by atoms with Crippen LogP contribution < -0.4 is 10.6 Å². The van der Waals surface area contributed by atoms with Crippen LogP contribution >= 0.6 is 35.3 Å². The van der Waals surface area contributed by atoms with E-state index in [0.29, 0.717) is 17.2 Å². The predicted octanol–water partition coefficient (Wildman–Crippen LogP) is 4.21. The molecule has 1 aromatic rings. The summed E-state index contributed by atoms with van der Waals surface area (Å²) in [5, 5.41) is 9.59. The number of hydrogen-bond donors (Lipinski definition) is 2. The zero-order valence-electron chi connectivity index (χ0n) is 18.5. The standard InChI is InChI=1S/C22H38N4OS2.HI/c1-3-23-22(25-19-9-5-11-21(14-19)29(27)4-2)24-15-18-8-6-12-26(16-18)17-20-10-7-13-28-20;/h7,10,13,18-19,21H,3-6,8-9,11-12,14-17H2,1-2H3,(H2,23,24,25);1H. The lowest BCUT2D eigenvalue weighted by atomic mass is 9.95. The lowest BCUT2D eigenvalue weighted by Crippen LogP contribution is -2.47. The van der Waals surface area contributed by atoms with E-state index in [1.807, 2.05) is 18.3 Å². The minimum absolute atomic E-state index is 0. The van der Waals surface area contributed by atoms with E-state index >= 15 is 0 Å². The number of halogens is 1. The monoisotopic (exact) mass is 566 g/mol. The van der Waals surface area contributed by atoms with Crippen LogP contribution in [0.25, 0.3) is 0 Å². The number of likely N-dealkylation sites (tertiary alicyclic amines) is 1. The van der Waals surface area contributed by atoms with Gasteiger partial charge in [-0.2, -0.15) is 0 Å². The van der Waals surface area contributed by atoms with Crippen molar-refractivity contribution in [1.82, 2.24) is 15.5 Å². The highest BCUT2D eigenvalue weighted by Crippen LogP contribution is 2.23. The third-order valence-corrected chi connectivity index (χ3v) is 8.64. The normalized spacial score (nSPS) is 26.6. The van der Waals surface area contributed by atoms with E-state index in [4.69, 9.17) is 4.99 Å². The summed E-state index contributed by atoms with van der Waals surface area (Å²) in [6.07, 6.45) is 6.96. The van der Waals surface area contributed by atoms with Crippen molar-refractivity contribution in [3.8, 4) is 0 Å². The zero-order chi connectivity index (χ0) is 20.5. The van der Waals surface area contributed by atoms with Crippen LogP contribution in [0.2, 0.25) is 0 Å². The van der Waals surface area contributed by atoms with E-state index in [9.17, 15) is 4.21 Å². The van der Waals surface area contributed by atoms with Gasteiger partial charge in [0, 0.05) is 58.9 Å². The number of piperidine rings is 1. The predicted molar refractivity (Wildman–Crippen MR) is 142 cm³/mol. The van der Waals surface area contributed by atoms with Crippen molar-refractivity contribution in [3.63, 3.8) is 0 Å². The first-order valence-corrected chi connectivity index (χ1v) is 13.6. The number of nitrogens with one attached hydrogen (secondary N) is 2. The highest BCUT2D eigenvalue weighted by Gasteiger charge is 2.26. The Bertz CT molecular complexity index is 656. The first-order valence-electron chi connectivity index (χ1n) is 11.3. The fraction of sp³-hybridized carbons (Fsp3) is 0.773. The summed E-state index contributed by atoms with van der Waals surface area (Å²) >= 11 is 1.85. The third kappa shape index (κ3) is 8.39. The Morgan fingerprint density at radius 1 is 1.30 bits per heavy atom. The maximum Gasteiger partial charge on any atom is 0.191 e. The number of aliphatic imine (C=N–C) groups is 1. The topological polar surface area (TPSA) is 56.7 Å². The van der Waals surface area contributed by atoms with Crippen LogP contribution in [-0.2, 0) is 17.3 Å². The van der Waals surface area contributed by atoms with Gasteiger partial charge in [0.2, 0.25) is 0 Å². The molecule has 1 saturated heterocycles. The molecule has 0 aromatic carbocycles. The molecule has 172 valence electrons. The average Bonchev–Trinajstić information content (AvgIpc) is 3.25. The van der Waals surface area contributed by atoms with Gasteiger partial charge in [-0.1, -0.05) is 19.4 Å². The van der Waals surface area contributed by atoms with Crippen LogP contribution in [0.5, 0.6) is 0 Å². The van der Waals surface area contributed by atoms with E-state index in [2.05, 4.69) is 40.0 Å². The lowest BCUT2D eigenvalue weighted by molar-refractivity contribution is 0.172. The summed E-state index contributed by atoms with van der Waals surface area (Å²) in [6.45, 7) is 9.33. The molecular formula is C22H39IN4OS2. The SMILES string of the molecule is CCNC(=NCC1CCCN(Cc2cccs2)C1)NC1CCCC(S(=O)CC)C1.I. The van der Waals surface area contributed by atoms with Gasteiger partial charge >= 0.3 is 0 Å². The highest BCUT2D eigenvalue weighted by atomic mass is 127. The van der Waals surface area contributed by atoms with Gasteiger partial charge in [-0.05, 0) is 62.9 Å². The Kier molecular flexibility index (Phi) is 12.2. The minimum Gasteiger partial charge on any atom is -0.357 e. The van der Waals surface area contributed by atoms with Gasteiger partial charge in [0.1, 0.15) is 0 Å². The van der Waals surface area contributed by atoms with Gasteiger partial charge in [-0.25, -0.2) is 0 Å². The number of guanidine groups is 1. The molecule has 1 aliphatic heterocycles. The van der Waals surface area contributed by atoms with E-state index in [-0.39, 0.29) is 24.0 Å². The van der Waals surface area contributed by atoms with E-state index in [1.165, 1.54) is 24.3 Å². The maximum atomic E-state index is 12.2. The van der Waals surface area contributed by atoms with Gasteiger partial charge in [0.15, 0.2) is 5.96 Å². The van der Waals surface area contributed by atoms with Crippen molar-refractivity contribution >= 4 is 52.1 Å². The Balaban J connectivity index is 0.00000320. The molecule has 2 N–H and O–H groups in total. The van der Waals surface area contributed by atoms with Crippen molar-refractivity contribution < 1.29 is 4.21 Å². The molecule has 4 unspecified atom stereocenters. The molecule has 0 radical (unpaired) electrons. The van der Waals surface area contributed by atoms with Crippen molar-refractivity contribution in [2.45, 2.75) is 70.2 Å². The second kappa shape index (κ2) is 14.1. The molecule has 1 aromatic heterocycles. The summed E-state index contributed by atoms with van der Waals surface area (Å²) in [4.78, 5) is 8.99. The summed E-state index contributed by atoms with van der Waals surface area (Å²) < 4.78 is 12.2. The molecule has 4 atom stereocenters. The van der Waals surface area contributed by atoms with Crippen molar-refractivity contribution in [2.24, 2.45) is 10.9 Å². The summed E-state index contributed by atoms with van der Waals surface area (Å²) in [5.74, 6) is 2.34. The smallest absolute Gasteiger partial charge is 0.191 e. The van der Waals surface area contributed by atoms with Gasteiger partial charge in [0.05, 0.1) is 0 Å². The largest absolute Gasteiger partial charge is 0.357 e. The quantitative estimate of drug-likeness (QED) is 0.281. The van der Waals surface area contributed by atoms with Crippen LogP contribution in [0.4, 0.5) is 0 Å². The molecule has 8 heteroatoms. The van der Waals surface area contributed by atoms with Crippen LogP contribution in [0, 0.1) is 5.92 Å². The zero-order valence-corrected chi connectivity index (χ0v) is 22.4. The van der Waals surface area contributed by atoms with Crippen LogP contribution in [-0.4, -0.2) is 58.3 Å². The second-order valence-electron chi connectivity index (χ2n) is 8.34. The maximum absolute atomic E-state index is 12.2. The summed E-state index contributed by atoms with van der Waals surface area (Å²) in [7, 11) is -0.683. The van der Waals surface area contributed by atoms with Crippen molar-refractivity contribution in [2.75, 3.05) is 31.9 Å². The van der Waals surface area contributed by atoms with Crippen molar-refractivity contribution in [3.05, 3.63) is 22.4 Å². The number of rotatable bonds is 8. The van der Waals surface area contributed by atoms with Gasteiger partial charge in [0.25, 0.3) is 0 Å². The summed E-state index contributed by atoms with van der Waals surface area (Å²) in [5.41, 5.74) is 0. The molecule has 2 fully saturated rings. The Morgan fingerprint density at radius 2 is 2.17 bits per heavy atom. The Hall–Kier alpha value is -0.190. The average molecular weight is 567 g/mol. The summed E-state index contributed by atoms with van der Waals surface area (Å²) in [6, 6.07) is 4.78. The second-order valence-corrected chi connectivity index (χ2v) is 11.4. The van der Waals surface area contributed by atoms with Gasteiger partial charge in [-0.3, -0.25) is 14.1 Å². The molecule has 0 bridgehead atoms. The highest BCUT2D eigenvalue weighted by molar-refractivity contribution is 14.0. The Morgan fingerprint density at radius 3 is 2.90 bits per heavy atom. The fourth-order valence-electron chi connectivity index (χ4n) is 4.55. The minimum atomic E-state index is -0.683. The molecule has 30 heavy (non-hydrogen) atoms. The van der Waals surface area contributed by atoms with E-state index in [0.717, 1.165) is 63.6 Å². The molecule has 5 nitrogen and oxygen atoms in total. The fourth-order valence-corrected chi connectivity index (χ4v) is 6.65. The molecule has 2 aliphatic rings. The third-order valence-electron chi connectivity index (χ3n) is 6.04. The molecule has 0 spiro atoms. The molecule has 3 rings (SSSR count). The van der Waals surface area contributed by atoms with Gasteiger partial charge in [-0.15, -0.1) is 35.3 Å². The lowest BCUT2D eigenvalue weighted by Gasteiger charge is -2.32. The molecule has 0 amide bonds. The molecule has 1 aliphatic carbocycles. The number of thiophene rings is 1. The van der Waals surface area contributed by atoms with E-state index in [1.54, 1.807) is 0 Å². The molecule has 1 saturated carbocycles. The number of hydrogen-bond acceptors (Lipinski definition) is 4. The first kappa shape index (κ1) is 26.1. The van der Waals surface area contributed by atoms with E-state index < -0.39 is 10.8 Å². The molecule has 2 heterocycles. The van der Waals surface area contributed by atoms with Crippen molar-refractivity contribution in [1.29, 1.82) is 0 Å². The van der Waals surface area contributed by atoms with Crippen LogP contribution in [0.15, 0.2) is 22.5 Å². The Labute approximate surface area is 206 Å². The molecular weight excluding hydrogens is 527 g/mol. The number of nitrogens with zero attached hydrogens (tertiary/aromatic N) is 2.